The lowest BCUT2D eigenvalue weighted by atomic mass is 10.3. The summed E-state index contributed by atoms with van der Waals surface area (Å²) in [7, 11) is 1.61. The van der Waals surface area contributed by atoms with Gasteiger partial charge < -0.3 is 9.47 Å². The number of hydrogen-bond donors (Lipinski definition) is 0. The molecule has 2 rings (SSSR count). The molecule has 0 radical (unpaired) electrons. The predicted octanol–water partition coefficient (Wildman–Crippen LogP) is 2.84. The van der Waals surface area contributed by atoms with Crippen molar-refractivity contribution < 1.29 is 9.47 Å². The lowest BCUT2D eigenvalue weighted by Crippen LogP contribution is -2.38. The third-order valence-corrected chi connectivity index (χ3v) is 2.43. The highest BCUT2D eigenvalue weighted by Gasteiger charge is 2.17. The van der Waals surface area contributed by atoms with E-state index < -0.39 is 6.41 Å². The lowest BCUT2D eigenvalue weighted by molar-refractivity contribution is -0.0795. The lowest BCUT2D eigenvalue weighted by Gasteiger charge is -2.24. The van der Waals surface area contributed by atoms with E-state index in [1.165, 1.54) is 4.90 Å². The number of benzene rings is 2. The number of hydrogen-bond acceptors (Lipinski definition) is 4. The molecule has 0 aliphatic heterocycles. The van der Waals surface area contributed by atoms with Crippen LogP contribution < -0.4 is 9.47 Å². The number of nitrogens with zero attached hydrogens (tertiary/aromatic N) is 2. The Morgan fingerprint density at radius 2 is 1.32 bits per heavy atom. The van der Waals surface area contributed by atoms with Gasteiger partial charge in [-0.05, 0) is 24.3 Å². The highest BCUT2D eigenvalue weighted by atomic mass is 16.7. The van der Waals surface area contributed by atoms with Gasteiger partial charge in [-0.3, -0.25) is 0 Å². The summed E-state index contributed by atoms with van der Waals surface area (Å²) < 4.78 is 11.3. The van der Waals surface area contributed by atoms with Crippen LogP contribution >= 0.6 is 0 Å². The van der Waals surface area contributed by atoms with E-state index in [0.717, 1.165) is 0 Å². The van der Waals surface area contributed by atoms with Crippen molar-refractivity contribution in [3.8, 4) is 17.7 Å². The second kappa shape index (κ2) is 6.31. The monoisotopic (exact) mass is 254 g/mol. The fourth-order valence-electron chi connectivity index (χ4n) is 1.46. The average molecular weight is 254 g/mol. The highest BCUT2D eigenvalue weighted by molar-refractivity contribution is 5.23. The maximum absolute atomic E-state index is 8.98. The van der Waals surface area contributed by atoms with Gasteiger partial charge in [0, 0.05) is 7.05 Å². The zero-order chi connectivity index (χ0) is 13.5. The minimum atomic E-state index is -0.796. The molecule has 0 aliphatic rings. The van der Waals surface area contributed by atoms with Crippen molar-refractivity contribution in [2.75, 3.05) is 7.05 Å². The summed E-state index contributed by atoms with van der Waals surface area (Å²) in [5.74, 6) is 1.29. The SMILES string of the molecule is CN(C#N)C(Oc1ccccc1)Oc1ccccc1. The minimum Gasteiger partial charge on any atom is -0.437 e. The minimum absolute atomic E-state index is 0.644. The molecule has 0 saturated carbocycles. The molecule has 0 spiro atoms. The average Bonchev–Trinajstić information content (AvgIpc) is 2.48. The molecule has 0 atom stereocenters. The molecule has 96 valence electrons. The molecule has 0 bridgehead atoms. The standard InChI is InChI=1S/C15H14N2O2/c1-17(12-16)15(18-13-8-4-2-5-9-13)19-14-10-6-3-7-11-14/h2-11,15H,1H3. The Labute approximate surface area is 112 Å². The van der Waals surface area contributed by atoms with E-state index in [0.29, 0.717) is 11.5 Å². The molecule has 2 aromatic carbocycles. The summed E-state index contributed by atoms with van der Waals surface area (Å²) in [6.45, 7) is 0. The van der Waals surface area contributed by atoms with Gasteiger partial charge in [-0.2, -0.15) is 5.26 Å². The molecule has 4 heteroatoms. The van der Waals surface area contributed by atoms with E-state index in [-0.39, 0.29) is 0 Å². The van der Waals surface area contributed by atoms with Crippen LogP contribution in [0.3, 0.4) is 0 Å². The Morgan fingerprint density at radius 3 is 1.68 bits per heavy atom. The maximum Gasteiger partial charge on any atom is 0.335 e. The zero-order valence-corrected chi connectivity index (χ0v) is 10.6. The van der Waals surface area contributed by atoms with Gasteiger partial charge in [-0.1, -0.05) is 36.4 Å². The van der Waals surface area contributed by atoms with Crippen LogP contribution in [0.25, 0.3) is 0 Å². The third-order valence-electron chi connectivity index (χ3n) is 2.43. The molecule has 0 saturated heterocycles. The molecule has 0 fully saturated rings. The number of para-hydroxylation sites is 2. The first kappa shape index (κ1) is 12.8. The molecule has 0 amide bonds. The molecular weight excluding hydrogens is 240 g/mol. The van der Waals surface area contributed by atoms with Gasteiger partial charge in [0.2, 0.25) is 0 Å². The van der Waals surface area contributed by atoms with Crippen LogP contribution in [0.4, 0.5) is 0 Å². The second-order valence-corrected chi connectivity index (χ2v) is 3.88. The molecule has 0 aliphatic carbocycles. The van der Waals surface area contributed by atoms with Crippen molar-refractivity contribution in [3.63, 3.8) is 0 Å². The molecule has 0 unspecified atom stereocenters. The second-order valence-electron chi connectivity index (χ2n) is 3.88. The third kappa shape index (κ3) is 3.65. The molecule has 0 N–H and O–H groups in total. The van der Waals surface area contributed by atoms with Gasteiger partial charge >= 0.3 is 6.41 Å². The van der Waals surface area contributed by atoms with E-state index in [4.69, 9.17) is 14.7 Å². The molecule has 4 nitrogen and oxygen atoms in total. The van der Waals surface area contributed by atoms with E-state index in [1.54, 1.807) is 7.05 Å². The largest absolute Gasteiger partial charge is 0.437 e. The van der Waals surface area contributed by atoms with Gasteiger partial charge in [0.25, 0.3) is 0 Å². The van der Waals surface area contributed by atoms with Crippen molar-refractivity contribution in [1.29, 1.82) is 5.26 Å². The normalized spacial score (nSPS) is 9.74. The summed E-state index contributed by atoms with van der Waals surface area (Å²) >= 11 is 0. The summed E-state index contributed by atoms with van der Waals surface area (Å²) in [6, 6.07) is 18.5. The van der Waals surface area contributed by atoms with Crippen LogP contribution in [-0.2, 0) is 0 Å². The smallest absolute Gasteiger partial charge is 0.335 e. The van der Waals surface area contributed by atoms with E-state index in [9.17, 15) is 0 Å². The predicted molar refractivity (Wildman–Crippen MR) is 71.3 cm³/mol. The number of ether oxygens (including phenoxy) is 2. The van der Waals surface area contributed by atoms with Crippen molar-refractivity contribution in [2.45, 2.75) is 6.41 Å². The first-order valence-corrected chi connectivity index (χ1v) is 5.85. The van der Waals surface area contributed by atoms with Gasteiger partial charge in [0.05, 0.1) is 0 Å². The number of nitriles is 1. The molecule has 0 aromatic heterocycles. The van der Waals surface area contributed by atoms with Crippen molar-refractivity contribution in [2.24, 2.45) is 0 Å². The fraction of sp³-hybridized carbons (Fsp3) is 0.133. The maximum atomic E-state index is 8.98. The first-order chi connectivity index (χ1) is 9.29. The molecule has 19 heavy (non-hydrogen) atoms. The van der Waals surface area contributed by atoms with E-state index in [1.807, 2.05) is 66.9 Å². The van der Waals surface area contributed by atoms with Crippen LogP contribution in [0, 0.1) is 11.5 Å². The fourth-order valence-corrected chi connectivity index (χ4v) is 1.46. The summed E-state index contributed by atoms with van der Waals surface area (Å²) in [5, 5.41) is 8.98. The van der Waals surface area contributed by atoms with Crippen LogP contribution in [0.2, 0.25) is 0 Å². The molecular formula is C15H14N2O2. The summed E-state index contributed by atoms with van der Waals surface area (Å²) in [6.07, 6.45) is 1.19. The zero-order valence-electron chi connectivity index (χ0n) is 10.6. The van der Waals surface area contributed by atoms with Crippen molar-refractivity contribution in [1.82, 2.24) is 4.90 Å². The first-order valence-electron chi connectivity index (χ1n) is 5.85. The van der Waals surface area contributed by atoms with E-state index in [2.05, 4.69) is 0 Å². The van der Waals surface area contributed by atoms with Gasteiger partial charge in [0.15, 0.2) is 6.19 Å². The van der Waals surface area contributed by atoms with Gasteiger partial charge in [-0.15, -0.1) is 0 Å². The quantitative estimate of drug-likeness (QED) is 0.467. The molecule has 2 aromatic rings. The Hall–Kier alpha value is -2.67. The van der Waals surface area contributed by atoms with Crippen molar-refractivity contribution >= 4 is 0 Å². The topological polar surface area (TPSA) is 45.5 Å². The van der Waals surface area contributed by atoms with Crippen LogP contribution in [0.5, 0.6) is 11.5 Å². The van der Waals surface area contributed by atoms with Crippen molar-refractivity contribution in [3.05, 3.63) is 60.7 Å². The molecule has 0 heterocycles. The number of rotatable bonds is 5. The Balaban J connectivity index is 2.11. The summed E-state index contributed by atoms with van der Waals surface area (Å²) in [5.41, 5.74) is 0. The summed E-state index contributed by atoms with van der Waals surface area (Å²) in [4.78, 5) is 1.31. The Bertz CT molecular complexity index is 496. The Kier molecular flexibility index (Phi) is 4.25. The highest BCUT2D eigenvalue weighted by Crippen LogP contribution is 2.16. The van der Waals surface area contributed by atoms with Crippen LogP contribution in [0.15, 0.2) is 60.7 Å². The van der Waals surface area contributed by atoms with Crippen LogP contribution in [-0.4, -0.2) is 18.4 Å². The van der Waals surface area contributed by atoms with Gasteiger partial charge in [0.1, 0.15) is 11.5 Å². The van der Waals surface area contributed by atoms with E-state index >= 15 is 0 Å². The Morgan fingerprint density at radius 1 is 0.895 bits per heavy atom. The van der Waals surface area contributed by atoms with Gasteiger partial charge in [-0.25, -0.2) is 4.90 Å². The van der Waals surface area contributed by atoms with Crippen LogP contribution in [0.1, 0.15) is 0 Å².